The molecule has 0 radical (unpaired) electrons. The normalized spacial score (nSPS) is 11.5. The van der Waals surface area contributed by atoms with Crippen molar-refractivity contribution in [1.29, 1.82) is 10.5 Å². The van der Waals surface area contributed by atoms with Gasteiger partial charge in [-0.15, -0.1) is 0 Å². The topological polar surface area (TPSA) is 260 Å². The van der Waals surface area contributed by atoms with E-state index in [0.29, 0.717) is 59.7 Å². The monoisotopic (exact) mass is 988 g/mol. The van der Waals surface area contributed by atoms with E-state index < -0.39 is 19.3 Å². The lowest BCUT2D eigenvalue weighted by molar-refractivity contribution is 0.184. The Kier molecular flexibility index (Phi) is 19.2. The lowest BCUT2D eigenvalue weighted by Crippen LogP contribution is -2.29. The molecule has 8 rings (SSSR count). The Morgan fingerprint density at radius 3 is 1.58 bits per heavy atom. The molecule has 2 aromatic carbocycles. The van der Waals surface area contributed by atoms with E-state index in [1.165, 1.54) is 6.20 Å². The molecule has 8 aromatic rings. The van der Waals surface area contributed by atoms with Crippen LogP contribution in [0.4, 0.5) is 0 Å². The van der Waals surface area contributed by atoms with Gasteiger partial charge in [0, 0.05) is 81.8 Å². The standard InChI is InChI=1S/C26H26N6O2.C21H22ClN5O2.C5H6BNO2/c1-17-11-20(13-22(12-17)34-3)25-23(16-32(31-25)10-8-27)24-14-21(7-6-18(2)33)29-26(30-24)19-5-4-9-28-15-19;1-13-8-15(10-17(9-13)29-3)20-18(12-27(26-20)7-6-23)19-11-16(5-4-14(2)28)24-21(22)25-19;8-6(9)5-2-1-3-7-4-5/h4-5,9,11-16,18,33H,6-7,10H2,1-3H3;8-12,14,28H,4-5,7H2,1-3H3;1-4,8-9H/t18-;14-;/m00./s1. The molecule has 0 aliphatic heterocycles. The number of rotatable bonds is 16. The smallest absolute Gasteiger partial charge is 0.490 e. The van der Waals surface area contributed by atoms with Crippen LogP contribution in [0.1, 0.15) is 49.2 Å². The van der Waals surface area contributed by atoms with Crippen LogP contribution in [0.2, 0.25) is 5.28 Å². The largest absolute Gasteiger partial charge is 0.497 e. The van der Waals surface area contributed by atoms with Gasteiger partial charge >= 0.3 is 7.12 Å². The first-order chi connectivity index (χ1) is 34.7. The molecule has 6 heterocycles. The second-order valence-corrected chi connectivity index (χ2v) is 17.1. The fourth-order valence-corrected chi connectivity index (χ4v) is 7.52. The Balaban J connectivity index is 0.000000202. The van der Waals surface area contributed by atoms with Crippen molar-refractivity contribution < 1.29 is 29.7 Å². The number of aromatic nitrogens is 10. The van der Waals surface area contributed by atoms with Gasteiger partial charge in [-0.05, 0) is 143 Å². The van der Waals surface area contributed by atoms with Crippen molar-refractivity contribution in [3.63, 3.8) is 0 Å². The van der Waals surface area contributed by atoms with E-state index in [0.717, 1.165) is 61.8 Å². The van der Waals surface area contributed by atoms with Crippen LogP contribution in [0.5, 0.6) is 11.5 Å². The lowest BCUT2D eigenvalue weighted by atomic mass is 9.82. The number of nitrogens with zero attached hydrogens (tertiary/aromatic N) is 12. The number of aliphatic hydroxyl groups excluding tert-OH is 2. The minimum absolute atomic E-state index is 0.115. The number of pyridine rings is 2. The highest BCUT2D eigenvalue weighted by atomic mass is 35.5. The number of nitriles is 2. The predicted molar refractivity (Wildman–Crippen MR) is 273 cm³/mol. The molecule has 0 aliphatic carbocycles. The number of ether oxygens (including phenoxy) is 2. The van der Waals surface area contributed by atoms with E-state index in [1.807, 2.05) is 80.7 Å². The molecular weight excluding hydrogens is 935 g/mol. The molecule has 0 unspecified atom stereocenters. The van der Waals surface area contributed by atoms with Crippen molar-refractivity contribution in [2.45, 2.75) is 78.7 Å². The van der Waals surface area contributed by atoms with Gasteiger partial charge in [-0.3, -0.25) is 19.3 Å². The number of aliphatic hydroxyl groups is 2. The Morgan fingerprint density at radius 2 is 1.15 bits per heavy atom. The van der Waals surface area contributed by atoms with Crippen molar-refractivity contribution in [3.05, 3.63) is 138 Å². The molecule has 0 saturated heterocycles. The summed E-state index contributed by atoms with van der Waals surface area (Å²) >= 11 is 6.17. The zero-order valence-corrected chi connectivity index (χ0v) is 41.5. The number of methoxy groups -OCH3 is 2. The van der Waals surface area contributed by atoms with Crippen molar-refractivity contribution in [2.24, 2.45) is 0 Å². The molecule has 0 aliphatic rings. The number of hydrogen-bond acceptors (Lipinski definition) is 16. The molecule has 18 nitrogen and oxygen atoms in total. The summed E-state index contributed by atoms with van der Waals surface area (Å²) in [4.78, 5) is 26.1. The predicted octanol–water partition coefficient (Wildman–Crippen LogP) is 6.80. The minimum atomic E-state index is -1.40. The molecule has 0 saturated carbocycles. The van der Waals surface area contributed by atoms with Gasteiger partial charge in [-0.25, -0.2) is 19.9 Å². The zero-order chi connectivity index (χ0) is 51.7. The molecule has 4 N–H and O–H groups in total. The maximum absolute atomic E-state index is 9.81. The molecule has 368 valence electrons. The highest BCUT2D eigenvalue weighted by Crippen LogP contribution is 2.36. The molecular formula is C52H54BClN12O6. The molecule has 72 heavy (non-hydrogen) atoms. The van der Waals surface area contributed by atoms with Crippen molar-refractivity contribution in [1.82, 2.24) is 49.5 Å². The molecule has 0 fully saturated rings. The van der Waals surface area contributed by atoms with E-state index in [-0.39, 0.29) is 18.4 Å². The number of benzene rings is 2. The Morgan fingerprint density at radius 1 is 0.653 bits per heavy atom. The van der Waals surface area contributed by atoms with Crippen molar-refractivity contribution in [2.75, 3.05) is 14.2 Å². The Bertz CT molecular complexity index is 3140. The summed E-state index contributed by atoms with van der Waals surface area (Å²) in [5.74, 6) is 2.00. The van der Waals surface area contributed by atoms with Crippen molar-refractivity contribution in [3.8, 4) is 80.1 Å². The van der Waals surface area contributed by atoms with E-state index in [9.17, 15) is 15.5 Å². The average molecular weight is 989 g/mol. The van der Waals surface area contributed by atoms with Crippen LogP contribution in [0.3, 0.4) is 0 Å². The molecule has 0 bridgehead atoms. The van der Waals surface area contributed by atoms with E-state index in [2.05, 4.69) is 37.2 Å². The summed E-state index contributed by atoms with van der Waals surface area (Å²) in [7, 11) is 1.85. The first kappa shape index (κ1) is 53.4. The van der Waals surface area contributed by atoms with Gasteiger partial charge in [0.25, 0.3) is 0 Å². The summed E-state index contributed by atoms with van der Waals surface area (Å²) in [5.41, 5.74) is 10.8. The van der Waals surface area contributed by atoms with Crippen LogP contribution in [0, 0.1) is 36.5 Å². The summed E-state index contributed by atoms with van der Waals surface area (Å²) in [5, 5.41) is 64.2. The molecule has 20 heteroatoms. The van der Waals surface area contributed by atoms with E-state index in [1.54, 1.807) is 74.4 Å². The third kappa shape index (κ3) is 15.1. The molecule has 2 atom stereocenters. The maximum Gasteiger partial charge on any atom is 0.490 e. The third-order valence-electron chi connectivity index (χ3n) is 10.7. The first-order valence-electron chi connectivity index (χ1n) is 22.8. The van der Waals surface area contributed by atoms with E-state index in [4.69, 9.17) is 51.5 Å². The Hall–Kier alpha value is -7.91. The maximum atomic E-state index is 9.81. The molecule has 0 amide bonds. The highest BCUT2D eigenvalue weighted by Gasteiger charge is 2.20. The van der Waals surface area contributed by atoms with Gasteiger partial charge in [0.15, 0.2) is 5.82 Å². The summed E-state index contributed by atoms with van der Waals surface area (Å²) in [6, 6.07) is 26.8. The quantitative estimate of drug-likeness (QED) is 0.0573. The van der Waals surface area contributed by atoms with Crippen molar-refractivity contribution >= 4 is 24.2 Å². The van der Waals surface area contributed by atoms with Gasteiger partial charge in [0.2, 0.25) is 5.28 Å². The van der Waals surface area contributed by atoms with Crippen LogP contribution < -0.4 is 14.9 Å². The van der Waals surface area contributed by atoms with Crippen LogP contribution in [0.15, 0.2) is 110 Å². The Labute approximate surface area is 423 Å². The second-order valence-electron chi connectivity index (χ2n) is 16.7. The first-order valence-corrected chi connectivity index (χ1v) is 23.2. The number of halogens is 1. The van der Waals surface area contributed by atoms with Gasteiger partial charge in [-0.1, -0.05) is 6.07 Å². The summed E-state index contributed by atoms with van der Waals surface area (Å²) in [6.07, 6.45) is 11.5. The van der Waals surface area contributed by atoms with Gasteiger partial charge in [-0.2, -0.15) is 20.7 Å². The molecule has 6 aromatic heterocycles. The van der Waals surface area contributed by atoms with E-state index >= 15 is 0 Å². The SMILES string of the molecule is COc1cc(C)cc(-c2nn(CC#N)cc2-c2cc(CC[C@H](C)O)nc(-c3cccnc3)n2)c1.COc1cc(C)cc(-c2nn(CC#N)cc2-c2cc(CC[C@H](C)O)nc(Cl)n2)c1.OB(O)c1cccnc1. The van der Waals surface area contributed by atoms with Crippen LogP contribution >= 0.6 is 11.6 Å². The van der Waals surface area contributed by atoms with Crippen LogP contribution in [-0.4, -0.2) is 103 Å². The average Bonchev–Trinajstić information content (AvgIpc) is 4.01. The summed E-state index contributed by atoms with van der Waals surface area (Å²) < 4.78 is 14.0. The van der Waals surface area contributed by atoms with Gasteiger partial charge in [0.1, 0.15) is 36.0 Å². The fourth-order valence-electron chi connectivity index (χ4n) is 7.32. The van der Waals surface area contributed by atoms with Gasteiger partial charge < -0.3 is 29.7 Å². The second kappa shape index (κ2) is 25.8. The van der Waals surface area contributed by atoms with Crippen LogP contribution in [0.25, 0.3) is 56.4 Å². The molecule has 0 spiro atoms. The summed E-state index contributed by atoms with van der Waals surface area (Å²) in [6.45, 7) is 7.71. The number of hydrogen-bond donors (Lipinski definition) is 4. The minimum Gasteiger partial charge on any atom is -0.497 e. The number of aryl methyl sites for hydroxylation is 4. The fraction of sp³-hybridized carbons (Fsp3) is 0.269. The third-order valence-corrected chi connectivity index (χ3v) is 10.9. The lowest BCUT2D eigenvalue weighted by Gasteiger charge is -2.10. The zero-order valence-electron chi connectivity index (χ0n) is 40.7. The van der Waals surface area contributed by atoms with Gasteiger partial charge in [0.05, 0.1) is 50.0 Å². The van der Waals surface area contributed by atoms with Crippen LogP contribution in [-0.2, 0) is 25.9 Å². The highest BCUT2D eigenvalue weighted by molar-refractivity contribution is 6.58.